The van der Waals surface area contributed by atoms with Crippen LogP contribution in [-0.4, -0.2) is 29.9 Å². The van der Waals surface area contributed by atoms with Crippen LogP contribution in [0.3, 0.4) is 0 Å². The van der Waals surface area contributed by atoms with Gasteiger partial charge in [-0.05, 0) is 182 Å². The number of benzene rings is 18. The van der Waals surface area contributed by atoms with Crippen LogP contribution in [0.4, 0.5) is 0 Å². The van der Waals surface area contributed by atoms with Crippen molar-refractivity contribution in [2.24, 2.45) is 0 Å². The predicted octanol–water partition coefficient (Wildman–Crippen LogP) is 34.5. The average Bonchev–Trinajstić information content (AvgIpc) is 1.59. The topological polar surface area (TPSA) is 121 Å². The largest absolute Gasteiger partial charge is 0.456 e. The lowest BCUT2D eigenvalue weighted by Gasteiger charge is -2.12. The number of aromatic nitrogens is 7. The fourth-order valence-electron chi connectivity index (χ4n) is 19.1. The lowest BCUT2D eigenvalue weighted by atomic mass is 9.95. The summed E-state index contributed by atoms with van der Waals surface area (Å²) in [6.07, 6.45) is 4.12. The first-order chi connectivity index (χ1) is 68.3. The number of hydrogen-bond acceptors (Lipinski definition) is 12. The van der Waals surface area contributed by atoms with E-state index in [1.807, 2.05) is 77.5 Å². The molecule has 0 unspecified atom stereocenters. The number of rotatable bonds is 13. The molecular formula is C125H76N7O3S3+. The van der Waals surface area contributed by atoms with Crippen molar-refractivity contribution in [1.29, 1.82) is 0 Å². The van der Waals surface area contributed by atoms with Gasteiger partial charge >= 0.3 is 5.95 Å². The Hall–Kier alpha value is -17.6. The lowest BCUT2D eigenvalue weighted by molar-refractivity contribution is -0.602. The van der Waals surface area contributed by atoms with Crippen LogP contribution in [0.5, 0.6) is 0 Å². The van der Waals surface area contributed by atoms with Crippen molar-refractivity contribution in [3.63, 3.8) is 0 Å². The summed E-state index contributed by atoms with van der Waals surface area (Å²) in [6, 6.07) is 157. The third-order valence-electron chi connectivity index (χ3n) is 26.0. The van der Waals surface area contributed by atoms with E-state index in [2.05, 4.69) is 388 Å². The zero-order valence-corrected chi connectivity index (χ0v) is 76.4. The molecule has 0 bridgehead atoms. The van der Waals surface area contributed by atoms with Gasteiger partial charge in [0.1, 0.15) is 38.2 Å². The van der Waals surface area contributed by atoms with Gasteiger partial charge in [0.05, 0.1) is 44.2 Å². The Bertz CT molecular complexity index is 9520. The Labute approximate surface area is 804 Å². The molecule has 0 saturated heterocycles. The third kappa shape index (κ3) is 15.0. The molecule has 0 amide bonds. The second kappa shape index (κ2) is 34.5. The van der Waals surface area contributed by atoms with E-state index in [4.69, 9.17) is 43.2 Å². The fraction of sp³-hybridized carbons (Fsp3) is 0. The van der Waals surface area contributed by atoms with E-state index in [1.54, 1.807) is 34.0 Å². The fourth-order valence-corrected chi connectivity index (χ4v) is 22.7. The first kappa shape index (κ1) is 81.2. The van der Waals surface area contributed by atoms with Gasteiger partial charge < -0.3 is 13.3 Å². The normalized spacial score (nSPS) is 11.6. The highest BCUT2D eigenvalue weighted by atomic mass is 32.1. The maximum atomic E-state index is 6.35. The molecule has 18 aromatic carbocycles. The third-order valence-corrected chi connectivity index (χ3v) is 29.4. The van der Waals surface area contributed by atoms with Gasteiger partial charge in [0.2, 0.25) is 0 Å². The predicted molar refractivity (Wildman–Crippen MR) is 573 cm³/mol. The molecule has 0 radical (unpaired) electrons. The Morgan fingerprint density at radius 1 is 0.174 bits per heavy atom. The molecule has 0 atom stereocenters. The molecule has 0 aliphatic heterocycles. The smallest absolute Gasteiger partial charge is 0.438 e. The molecular weight excluding hydrogens is 1740 g/mol. The van der Waals surface area contributed by atoms with Gasteiger partial charge in [0.25, 0.3) is 0 Å². The molecule has 0 spiro atoms. The molecule has 0 N–H and O–H groups in total. The average molecular weight is 1820 g/mol. The van der Waals surface area contributed by atoms with E-state index in [0.717, 1.165) is 191 Å². The minimum atomic E-state index is 0.627. The molecule has 0 fully saturated rings. The van der Waals surface area contributed by atoms with Crippen LogP contribution in [0.1, 0.15) is 0 Å². The molecule has 10 aromatic heterocycles. The van der Waals surface area contributed by atoms with Gasteiger partial charge in [-0.1, -0.05) is 350 Å². The summed E-state index contributed by atoms with van der Waals surface area (Å²) in [5.74, 6) is 2.03. The lowest BCUT2D eigenvalue weighted by Crippen LogP contribution is -2.32. The summed E-state index contributed by atoms with van der Waals surface area (Å²) in [4.78, 5) is 31.6. The van der Waals surface area contributed by atoms with Crippen molar-refractivity contribution in [3.05, 3.63) is 461 Å². The number of thiophene rings is 3. The number of fused-ring (bicyclic) bond motifs is 18. The highest BCUT2D eigenvalue weighted by molar-refractivity contribution is 7.27. The molecule has 0 aliphatic rings. The highest BCUT2D eigenvalue weighted by Crippen LogP contribution is 2.48. The maximum Gasteiger partial charge on any atom is 0.438 e. The monoisotopic (exact) mass is 1820 g/mol. The maximum absolute atomic E-state index is 6.35. The van der Waals surface area contributed by atoms with E-state index in [1.165, 1.54) is 58.6 Å². The van der Waals surface area contributed by atoms with Crippen molar-refractivity contribution in [1.82, 2.24) is 29.9 Å². The first-order valence-electron chi connectivity index (χ1n) is 46.0. The van der Waals surface area contributed by atoms with Crippen LogP contribution in [0.25, 0.3) is 267 Å². The minimum absolute atomic E-state index is 0.627. The standard InChI is InChI=1S/C46H28N2OS.C40H24N2OS.C39H24N3OS/c1-4-12-29(13-5-1)32-20-23-39-42(28-32)50-45-43(33-21-22-38-37-18-10-11-19-40(37)49-41(38)27-33)47-46(48-44(39)45)36-25-34(30-14-6-2-7-15-30)24-35(26-36)31-16-8-3-9-17-31;1-3-9-25(10-4-1)27-15-17-28(18-16-27)40-41-37(30-20-21-32-31-13-7-8-14-34(31)43-35(32)23-30)39-38(42-40)33-22-19-29(24-36(33)44-39)26-11-5-2-6-12-26;1-3-10-25(11-4-1)27-17-20-32-35(23-27)44-38-36(28-18-19-31-30-15-7-8-16-33(30)43-34(31)22-28)40-39(41-37(32)38)42-21-9-14-29(24-42)26-12-5-2-6-13-26/h1-28H;2*1-24H/q;;+1. The molecule has 28 aromatic rings. The number of para-hydroxylation sites is 3. The van der Waals surface area contributed by atoms with Gasteiger partial charge in [0, 0.05) is 96.0 Å². The van der Waals surface area contributed by atoms with Crippen molar-refractivity contribution >= 4 is 161 Å². The van der Waals surface area contributed by atoms with Crippen LogP contribution in [0.2, 0.25) is 0 Å². The Morgan fingerprint density at radius 2 is 0.442 bits per heavy atom. The number of nitrogens with zero attached hydrogens (tertiary/aromatic N) is 7. The zero-order chi connectivity index (χ0) is 91.1. The quantitative estimate of drug-likeness (QED) is 0.104. The summed E-state index contributed by atoms with van der Waals surface area (Å²) in [5, 5.41) is 10.0. The number of furan rings is 3. The molecule has 28 rings (SSSR count). The summed E-state index contributed by atoms with van der Waals surface area (Å²) < 4.78 is 27.7. The van der Waals surface area contributed by atoms with Crippen LogP contribution in [-0.2, 0) is 0 Å². The summed E-state index contributed by atoms with van der Waals surface area (Å²) in [6.45, 7) is 0. The second-order valence-corrected chi connectivity index (χ2v) is 37.7. The Kier molecular flexibility index (Phi) is 20.3. The molecule has 138 heavy (non-hydrogen) atoms. The molecule has 646 valence electrons. The second-order valence-electron chi connectivity index (χ2n) is 34.5. The molecule has 10 nitrogen and oxygen atoms in total. The van der Waals surface area contributed by atoms with Crippen LogP contribution in [0, 0.1) is 0 Å². The highest BCUT2D eigenvalue weighted by Gasteiger charge is 2.28. The summed E-state index contributed by atoms with van der Waals surface area (Å²) in [7, 11) is 0. The van der Waals surface area contributed by atoms with Crippen LogP contribution < -0.4 is 4.57 Å². The van der Waals surface area contributed by atoms with Gasteiger partial charge in [-0.2, -0.15) is 0 Å². The van der Waals surface area contributed by atoms with E-state index >= 15 is 0 Å². The van der Waals surface area contributed by atoms with Gasteiger partial charge in [-0.25, -0.2) is 24.5 Å². The van der Waals surface area contributed by atoms with Crippen molar-refractivity contribution < 1.29 is 17.8 Å². The molecule has 0 aliphatic carbocycles. The SMILES string of the molecule is c1ccc(-c2cc(-c3ccccc3)cc(-c3nc(-c4ccc5c(c4)oc4ccccc45)c4sc5cc(-c6ccccc6)ccc5c4n3)c2)cc1.c1ccc(-c2ccc(-c3nc(-c4ccc5c(c4)oc4ccccc45)c4sc5cc(-c6ccccc6)ccc5c4n3)cc2)cc1.c1ccc(-c2ccc3c(c2)sc2c(-c4ccc5c(c4)oc4ccccc45)nc(-[n+]4cccc(-c5ccccc5)c4)nc23)cc1. The van der Waals surface area contributed by atoms with Gasteiger partial charge in [-0.3, -0.25) is 0 Å². The van der Waals surface area contributed by atoms with Gasteiger partial charge in [0.15, 0.2) is 22.9 Å². The Balaban J connectivity index is 0.000000107. The van der Waals surface area contributed by atoms with E-state index in [9.17, 15) is 0 Å². The molecule has 10 heterocycles. The Morgan fingerprint density at radius 3 is 0.826 bits per heavy atom. The minimum Gasteiger partial charge on any atom is -0.456 e. The van der Waals surface area contributed by atoms with Crippen molar-refractivity contribution in [2.45, 2.75) is 0 Å². The molecule has 13 heteroatoms. The number of pyridine rings is 1. The summed E-state index contributed by atoms with van der Waals surface area (Å²) >= 11 is 5.24. The number of hydrogen-bond donors (Lipinski definition) is 0. The van der Waals surface area contributed by atoms with E-state index in [0.29, 0.717) is 17.6 Å². The van der Waals surface area contributed by atoms with E-state index < -0.39 is 0 Å². The van der Waals surface area contributed by atoms with Gasteiger partial charge in [-0.15, -0.1) is 34.0 Å². The zero-order valence-electron chi connectivity index (χ0n) is 74.0. The van der Waals surface area contributed by atoms with Crippen LogP contribution >= 0.6 is 34.0 Å². The first-order valence-corrected chi connectivity index (χ1v) is 48.4. The van der Waals surface area contributed by atoms with Crippen LogP contribution in [0.15, 0.2) is 475 Å². The van der Waals surface area contributed by atoms with E-state index in [-0.39, 0.29) is 0 Å². The molecule has 0 saturated carbocycles. The van der Waals surface area contributed by atoms with Crippen molar-refractivity contribution in [2.75, 3.05) is 0 Å². The summed E-state index contributed by atoms with van der Waals surface area (Å²) in [5.41, 5.74) is 32.1. The van der Waals surface area contributed by atoms with Crippen molar-refractivity contribution in [3.8, 4) is 140 Å².